The highest BCUT2D eigenvalue weighted by atomic mass is 16.7. The lowest BCUT2D eigenvalue weighted by molar-refractivity contribution is -0.172. The zero-order valence-electron chi connectivity index (χ0n) is 20.0. The minimum atomic E-state index is -0.827. The van der Waals surface area contributed by atoms with Crippen LogP contribution in [0.15, 0.2) is 48.5 Å². The van der Waals surface area contributed by atoms with Gasteiger partial charge in [0.25, 0.3) is 11.8 Å². The SMILES string of the molecule is CCCCN(C(=O)OC(C)(C)C)c1ccc(C(=O)ON2C(=O)CCC2=O)c(-c2ccccc2)c1. The summed E-state index contributed by atoms with van der Waals surface area (Å²) in [7, 11) is 0. The van der Waals surface area contributed by atoms with Gasteiger partial charge in [-0.3, -0.25) is 14.5 Å². The zero-order chi connectivity index (χ0) is 24.9. The fraction of sp³-hybridized carbons (Fsp3) is 0.385. The number of hydrogen-bond donors (Lipinski definition) is 0. The number of nitrogens with zero attached hydrogens (tertiary/aromatic N) is 2. The van der Waals surface area contributed by atoms with Gasteiger partial charge < -0.3 is 9.57 Å². The molecule has 34 heavy (non-hydrogen) atoms. The van der Waals surface area contributed by atoms with E-state index in [1.807, 2.05) is 37.3 Å². The van der Waals surface area contributed by atoms with Gasteiger partial charge in [-0.05, 0) is 56.5 Å². The fourth-order valence-corrected chi connectivity index (χ4v) is 3.48. The molecule has 3 amide bonds. The van der Waals surface area contributed by atoms with Gasteiger partial charge in [-0.2, -0.15) is 0 Å². The third-order valence-electron chi connectivity index (χ3n) is 5.15. The maximum absolute atomic E-state index is 13.0. The van der Waals surface area contributed by atoms with Crippen LogP contribution in [0.3, 0.4) is 0 Å². The molecule has 0 radical (unpaired) electrons. The molecule has 1 aliphatic heterocycles. The van der Waals surface area contributed by atoms with E-state index in [1.165, 1.54) is 6.07 Å². The number of hydrogen-bond acceptors (Lipinski definition) is 6. The molecule has 0 spiro atoms. The van der Waals surface area contributed by atoms with Gasteiger partial charge in [-0.1, -0.05) is 43.7 Å². The molecule has 0 bridgehead atoms. The number of imide groups is 1. The van der Waals surface area contributed by atoms with E-state index in [1.54, 1.807) is 37.8 Å². The smallest absolute Gasteiger partial charge is 0.414 e. The van der Waals surface area contributed by atoms with Gasteiger partial charge in [0, 0.05) is 25.1 Å². The van der Waals surface area contributed by atoms with Crippen molar-refractivity contribution in [3.63, 3.8) is 0 Å². The number of benzene rings is 2. The summed E-state index contributed by atoms with van der Waals surface area (Å²) in [6.07, 6.45) is 1.19. The molecule has 1 saturated heterocycles. The first-order valence-electron chi connectivity index (χ1n) is 11.4. The lowest BCUT2D eigenvalue weighted by atomic mass is 9.98. The van der Waals surface area contributed by atoms with Gasteiger partial charge in [0.05, 0.1) is 5.56 Å². The van der Waals surface area contributed by atoms with Crippen LogP contribution in [-0.4, -0.2) is 41.1 Å². The summed E-state index contributed by atoms with van der Waals surface area (Å²) in [5.74, 6) is -1.93. The molecule has 0 N–H and O–H groups in total. The monoisotopic (exact) mass is 466 g/mol. The number of unbranched alkanes of at least 4 members (excludes halogenated alkanes) is 1. The lowest BCUT2D eigenvalue weighted by Crippen LogP contribution is -2.37. The van der Waals surface area contributed by atoms with Crippen LogP contribution in [0.2, 0.25) is 0 Å². The minimum Gasteiger partial charge on any atom is -0.443 e. The number of hydroxylamine groups is 2. The normalized spacial score (nSPS) is 13.7. The Kier molecular flexibility index (Phi) is 7.71. The van der Waals surface area contributed by atoms with E-state index in [2.05, 4.69) is 0 Å². The summed E-state index contributed by atoms with van der Waals surface area (Å²) in [4.78, 5) is 56.5. The molecule has 0 saturated carbocycles. The van der Waals surface area contributed by atoms with E-state index in [0.717, 1.165) is 18.4 Å². The predicted molar refractivity (Wildman–Crippen MR) is 127 cm³/mol. The molecule has 180 valence electrons. The van der Waals surface area contributed by atoms with Crippen LogP contribution < -0.4 is 4.90 Å². The summed E-state index contributed by atoms with van der Waals surface area (Å²) in [6, 6.07) is 14.0. The van der Waals surface area contributed by atoms with Crippen LogP contribution >= 0.6 is 0 Å². The first-order chi connectivity index (χ1) is 16.1. The molecule has 8 heteroatoms. The summed E-state index contributed by atoms with van der Waals surface area (Å²) >= 11 is 0. The molecule has 2 aromatic rings. The van der Waals surface area contributed by atoms with Crippen molar-refractivity contribution >= 4 is 29.6 Å². The van der Waals surface area contributed by atoms with Crippen molar-refractivity contribution in [3.05, 3.63) is 54.1 Å². The standard InChI is InChI=1S/C26H30N2O6/c1-5-6-16-27(25(32)33-26(2,3)4)19-12-13-20(21(17-19)18-10-8-7-9-11-18)24(31)34-28-22(29)14-15-23(28)30/h7-13,17H,5-6,14-16H2,1-4H3. The van der Waals surface area contributed by atoms with E-state index in [4.69, 9.17) is 9.57 Å². The van der Waals surface area contributed by atoms with Gasteiger partial charge in [-0.25, -0.2) is 9.59 Å². The molecule has 0 aromatic heterocycles. The van der Waals surface area contributed by atoms with E-state index >= 15 is 0 Å². The summed E-state index contributed by atoms with van der Waals surface area (Å²) in [5, 5.41) is 0.527. The summed E-state index contributed by atoms with van der Waals surface area (Å²) < 4.78 is 5.60. The Bertz CT molecular complexity index is 1060. The molecule has 0 atom stereocenters. The van der Waals surface area contributed by atoms with Gasteiger partial charge in [0.2, 0.25) is 0 Å². The van der Waals surface area contributed by atoms with Crippen LogP contribution in [0.1, 0.15) is 63.7 Å². The Morgan fingerprint density at radius 2 is 1.65 bits per heavy atom. The van der Waals surface area contributed by atoms with Crippen LogP contribution in [0, 0.1) is 0 Å². The van der Waals surface area contributed by atoms with Crippen molar-refractivity contribution in [3.8, 4) is 11.1 Å². The number of rotatable bonds is 7. The second-order valence-electron chi connectivity index (χ2n) is 9.04. The van der Waals surface area contributed by atoms with Crippen molar-refractivity contribution < 1.29 is 28.8 Å². The average molecular weight is 467 g/mol. The number of ether oxygens (including phenoxy) is 1. The molecule has 3 rings (SSSR count). The third kappa shape index (κ3) is 6.01. The quantitative estimate of drug-likeness (QED) is 0.526. The van der Waals surface area contributed by atoms with Crippen LogP contribution in [0.4, 0.5) is 10.5 Å². The van der Waals surface area contributed by atoms with Gasteiger partial charge in [0.1, 0.15) is 5.60 Å². The summed E-state index contributed by atoms with van der Waals surface area (Å²) in [6.45, 7) is 7.89. The third-order valence-corrected chi connectivity index (χ3v) is 5.15. The molecule has 1 heterocycles. The average Bonchev–Trinajstić information content (AvgIpc) is 3.10. The topological polar surface area (TPSA) is 93.2 Å². The first kappa shape index (κ1) is 25.0. The number of carbonyl (C=O) groups excluding carboxylic acids is 4. The van der Waals surface area contributed by atoms with Gasteiger partial charge in [0.15, 0.2) is 0 Å². The van der Waals surface area contributed by atoms with Crippen molar-refractivity contribution in [2.45, 2.75) is 59.0 Å². The summed E-state index contributed by atoms with van der Waals surface area (Å²) in [5.41, 5.74) is 1.29. The Morgan fingerprint density at radius 1 is 1.00 bits per heavy atom. The Morgan fingerprint density at radius 3 is 2.24 bits per heavy atom. The molecule has 1 fully saturated rings. The number of anilines is 1. The maximum atomic E-state index is 13.0. The lowest BCUT2D eigenvalue weighted by Gasteiger charge is -2.28. The van der Waals surface area contributed by atoms with Crippen LogP contribution in [-0.2, 0) is 19.2 Å². The molecule has 1 aliphatic rings. The molecular weight excluding hydrogens is 436 g/mol. The van der Waals surface area contributed by atoms with Crippen molar-refractivity contribution in [2.75, 3.05) is 11.4 Å². The second-order valence-corrected chi connectivity index (χ2v) is 9.04. The number of carbonyl (C=O) groups is 4. The van der Waals surface area contributed by atoms with E-state index < -0.39 is 29.5 Å². The van der Waals surface area contributed by atoms with E-state index in [0.29, 0.717) is 22.9 Å². The van der Waals surface area contributed by atoms with Crippen molar-refractivity contribution in [1.29, 1.82) is 0 Å². The van der Waals surface area contributed by atoms with Crippen molar-refractivity contribution in [2.24, 2.45) is 0 Å². The Balaban J connectivity index is 2.01. The van der Waals surface area contributed by atoms with Crippen molar-refractivity contribution in [1.82, 2.24) is 5.06 Å². The van der Waals surface area contributed by atoms with E-state index in [-0.39, 0.29) is 18.4 Å². The molecule has 0 aliphatic carbocycles. The minimum absolute atomic E-state index is 0.0128. The highest BCUT2D eigenvalue weighted by Crippen LogP contribution is 2.31. The highest BCUT2D eigenvalue weighted by molar-refractivity contribution is 6.04. The molecule has 8 nitrogen and oxygen atoms in total. The first-order valence-corrected chi connectivity index (χ1v) is 11.4. The maximum Gasteiger partial charge on any atom is 0.414 e. The number of amides is 3. The zero-order valence-corrected chi connectivity index (χ0v) is 20.0. The van der Waals surface area contributed by atoms with Crippen LogP contribution in [0.25, 0.3) is 11.1 Å². The largest absolute Gasteiger partial charge is 0.443 e. The van der Waals surface area contributed by atoms with Gasteiger partial charge in [-0.15, -0.1) is 5.06 Å². The second kappa shape index (κ2) is 10.5. The Hall–Kier alpha value is -3.68. The molecule has 0 unspecified atom stereocenters. The van der Waals surface area contributed by atoms with Crippen LogP contribution in [0.5, 0.6) is 0 Å². The Labute approximate surface area is 199 Å². The predicted octanol–water partition coefficient (Wildman–Crippen LogP) is 5.12. The highest BCUT2D eigenvalue weighted by Gasteiger charge is 2.34. The molecule has 2 aromatic carbocycles. The van der Waals surface area contributed by atoms with E-state index in [9.17, 15) is 19.2 Å². The fourth-order valence-electron chi connectivity index (χ4n) is 3.48. The molecular formula is C26H30N2O6. The van der Waals surface area contributed by atoms with Gasteiger partial charge >= 0.3 is 12.1 Å².